The fourth-order valence-electron chi connectivity index (χ4n) is 9.68. The van der Waals surface area contributed by atoms with Gasteiger partial charge in [0.15, 0.2) is 17.5 Å². The van der Waals surface area contributed by atoms with E-state index in [2.05, 4.69) is 158 Å². The lowest BCUT2D eigenvalue weighted by Gasteiger charge is -2.39. The van der Waals surface area contributed by atoms with Gasteiger partial charge in [0.1, 0.15) is 7.14 Å². The van der Waals surface area contributed by atoms with Crippen molar-refractivity contribution < 1.29 is 4.57 Å². The first-order valence-electron chi connectivity index (χ1n) is 21.0. The predicted octanol–water partition coefficient (Wildman–Crippen LogP) is 14.0. The molecule has 1 aromatic heterocycles. The van der Waals surface area contributed by atoms with E-state index >= 15 is 0 Å². The lowest BCUT2D eigenvalue weighted by atomic mass is 9.65. The van der Waals surface area contributed by atoms with Crippen LogP contribution in [0.5, 0.6) is 0 Å². The second-order valence-corrected chi connectivity index (χ2v) is 19.7. The van der Waals surface area contributed by atoms with Gasteiger partial charge < -0.3 is 4.57 Å². The number of hydrogen-bond donors (Lipinski definition) is 0. The van der Waals surface area contributed by atoms with Crippen molar-refractivity contribution in [2.24, 2.45) is 0 Å². The van der Waals surface area contributed by atoms with Crippen LogP contribution in [0.15, 0.2) is 182 Å². The van der Waals surface area contributed by atoms with Crippen molar-refractivity contribution in [3.05, 3.63) is 193 Å². The lowest BCUT2D eigenvalue weighted by Crippen LogP contribution is -2.30. The van der Waals surface area contributed by atoms with Gasteiger partial charge >= 0.3 is 0 Å². The standard InChI is InChI=1S/C55H46N3OP/c1-60(2,59)51-47-25-13-11-23-45(47)50(46-24-12-14-26-48(46)51)39-28-32-42(33-29-39)55(36-16-5-17-37-55)43-34-30-41(31-35-43)53-56-52(40-20-8-4-9-21-40)57-54(58-53)49-27-15-10-22-44(49)38-18-6-3-7-19-38/h3-4,6-15,18-35H,5,16-17,36-37H2,1-2H3. The molecule has 0 spiro atoms. The zero-order valence-corrected chi connectivity index (χ0v) is 34.9. The molecule has 1 fully saturated rings. The van der Waals surface area contributed by atoms with Gasteiger partial charge in [-0.15, -0.1) is 0 Å². The van der Waals surface area contributed by atoms with Crippen molar-refractivity contribution in [2.45, 2.75) is 37.5 Å². The molecule has 1 saturated carbocycles. The maximum absolute atomic E-state index is 13.8. The Labute approximate surface area is 352 Å². The Morgan fingerprint density at radius 1 is 0.400 bits per heavy atom. The third kappa shape index (κ3) is 6.85. The quantitative estimate of drug-likeness (QED) is 0.114. The minimum Gasteiger partial charge on any atom is -0.319 e. The molecule has 8 aromatic carbocycles. The van der Waals surface area contributed by atoms with Crippen LogP contribution in [0.25, 0.3) is 78.0 Å². The van der Waals surface area contributed by atoms with Crippen molar-refractivity contribution in [3.8, 4) is 56.4 Å². The van der Waals surface area contributed by atoms with E-state index in [1.54, 1.807) is 0 Å². The summed E-state index contributed by atoms with van der Waals surface area (Å²) in [5, 5.41) is 5.42. The third-order valence-electron chi connectivity index (χ3n) is 12.5. The van der Waals surface area contributed by atoms with E-state index in [0.717, 1.165) is 67.5 Å². The zero-order valence-electron chi connectivity index (χ0n) is 34.1. The SMILES string of the molecule is CP(C)(=O)c1c2ccccc2c(-c2ccc(C3(c4ccc(-c5nc(-c6ccccc6)nc(-c6ccccc6-c6ccccc6)n5)cc4)CCCCC3)cc2)c2ccccc12. The highest BCUT2D eigenvalue weighted by atomic mass is 31.2. The molecule has 1 aliphatic carbocycles. The summed E-state index contributed by atoms with van der Waals surface area (Å²) >= 11 is 0. The summed E-state index contributed by atoms with van der Waals surface area (Å²) in [5.74, 6) is 1.96. The van der Waals surface area contributed by atoms with Crippen molar-refractivity contribution in [1.29, 1.82) is 0 Å². The fraction of sp³-hybridized carbons (Fsp3) is 0.145. The van der Waals surface area contributed by atoms with E-state index in [1.165, 1.54) is 41.5 Å². The molecule has 292 valence electrons. The van der Waals surface area contributed by atoms with Crippen molar-refractivity contribution in [3.63, 3.8) is 0 Å². The summed E-state index contributed by atoms with van der Waals surface area (Å²) in [6, 6.07) is 64.3. The van der Waals surface area contributed by atoms with Crippen LogP contribution in [-0.4, -0.2) is 28.3 Å². The third-order valence-corrected chi connectivity index (χ3v) is 14.0. The molecule has 0 bridgehead atoms. The Kier molecular flexibility index (Phi) is 9.82. The Morgan fingerprint density at radius 2 is 0.817 bits per heavy atom. The molecular formula is C55H46N3OP. The van der Waals surface area contributed by atoms with Gasteiger partial charge in [-0.3, -0.25) is 0 Å². The number of hydrogen-bond acceptors (Lipinski definition) is 4. The Morgan fingerprint density at radius 3 is 1.35 bits per heavy atom. The van der Waals surface area contributed by atoms with E-state index < -0.39 is 7.14 Å². The summed E-state index contributed by atoms with van der Waals surface area (Å²) in [5.41, 5.74) is 10.0. The van der Waals surface area contributed by atoms with Crippen LogP contribution in [0.1, 0.15) is 43.2 Å². The Bertz CT molecular complexity index is 2980. The van der Waals surface area contributed by atoms with Gasteiger partial charge in [0.2, 0.25) is 0 Å². The topological polar surface area (TPSA) is 55.7 Å². The number of rotatable bonds is 8. The Balaban J connectivity index is 1.05. The van der Waals surface area contributed by atoms with Crippen LogP contribution in [-0.2, 0) is 9.98 Å². The molecule has 0 aliphatic heterocycles. The smallest absolute Gasteiger partial charge is 0.164 e. The molecule has 9 aromatic rings. The van der Waals surface area contributed by atoms with E-state index in [-0.39, 0.29) is 5.41 Å². The molecule has 0 N–H and O–H groups in total. The second-order valence-electron chi connectivity index (χ2n) is 16.5. The molecule has 10 rings (SSSR count). The minimum atomic E-state index is -2.57. The molecular weight excluding hydrogens is 750 g/mol. The van der Waals surface area contributed by atoms with Crippen LogP contribution in [0.2, 0.25) is 0 Å². The van der Waals surface area contributed by atoms with Gasteiger partial charge in [-0.05, 0) is 81.1 Å². The molecule has 1 aliphatic rings. The van der Waals surface area contributed by atoms with Crippen molar-refractivity contribution in [2.75, 3.05) is 13.3 Å². The summed E-state index contributed by atoms with van der Waals surface area (Å²) < 4.78 is 13.8. The summed E-state index contributed by atoms with van der Waals surface area (Å²) in [7, 11) is -2.57. The van der Waals surface area contributed by atoms with Crippen LogP contribution < -0.4 is 5.30 Å². The molecule has 0 radical (unpaired) electrons. The fourth-order valence-corrected chi connectivity index (χ4v) is 11.2. The maximum atomic E-state index is 13.8. The van der Waals surface area contributed by atoms with Crippen LogP contribution in [0.4, 0.5) is 0 Å². The number of nitrogens with zero attached hydrogens (tertiary/aromatic N) is 3. The first-order chi connectivity index (χ1) is 29.4. The van der Waals surface area contributed by atoms with Crippen LogP contribution in [0.3, 0.4) is 0 Å². The predicted molar refractivity (Wildman–Crippen MR) is 251 cm³/mol. The second kappa shape index (κ2) is 15.6. The number of benzene rings is 8. The van der Waals surface area contributed by atoms with Crippen LogP contribution >= 0.6 is 7.14 Å². The van der Waals surface area contributed by atoms with Crippen LogP contribution in [0, 0.1) is 0 Å². The summed E-state index contributed by atoms with van der Waals surface area (Å²) in [4.78, 5) is 15.3. The number of fused-ring (bicyclic) bond motifs is 2. The van der Waals surface area contributed by atoms with Gasteiger partial charge in [0.25, 0.3) is 0 Å². The summed E-state index contributed by atoms with van der Waals surface area (Å²) in [6.07, 6.45) is 5.82. The van der Waals surface area contributed by atoms with E-state index in [9.17, 15) is 4.57 Å². The highest BCUT2D eigenvalue weighted by Gasteiger charge is 2.36. The molecule has 0 saturated heterocycles. The van der Waals surface area contributed by atoms with Gasteiger partial charge in [0, 0.05) is 27.4 Å². The van der Waals surface area contributed by atoms with E-state index in [0.29, 0.717) is 17.5 Å². The van der Waals surface area contributed by atoms with Gasteiger partial charge in [-0.1, -0.05) is 201 Å². The molecule has 0 atom stereocenters. The molecule has 4 nitrogen and oxygen atoms in total. The average molecular weight is 796 g/mol. The Hall–Kier alpha value is -6.48. The van der Waals surface area contributed by atoms with Gasteiger partial charge in [-0.2, -0.15) is 0 Å². The molecule has 1 heterocycles. The zero-order chi connectivity index (χ0) is 40.7. The molecule has 0 unspecified atom stereocenters. The minimum absolute atomic E-state index is 0.103. The van der Waals surface area contributed by atoms with Gasteiger partial charge in [-0.25, -0.2) is 15.0 Å². The summed E-state index contributed by atoms with van der Waals surface area (Å²) in [6.45, 7) is 3.78. The average Bonchev–Trinajstić information content (AvgIpc) is 3.31. The highest BCUT2D eigenvalue weighted by Crippen LogP contribution is 2.48. The molecule has 5 heteroatoms. The van der Waals surface area contributed by atoms with Crippen molar-refractivity contribution >= 4 is 34.0 Å². The lowest BCUT2D eigenvalue weighted by molar-refractivity contribution is 0.346. The number of aromatic nitrogens is 3. The molecule has 60 heavy (non-hydrogen) atoms. The van der Waals surface area contributed by atoms with Gasteiger partial charge in [0.05, 0.1) is 0 Å². The first kappa shape index (κ1) is 37.8. The maximum Gasteiger partial charge on any atom is 0.164 e. The largest absolute Gasteiger partial charge is 0.319 e. The van der Waals surface area contributed by atoms with E-state index in [4.69, 9.17) is 15.0 Å². The van der Waals surface area contributed by atoms with Crippen molar-refractivity contribution in [1.82, 2.24) is 15.0 Å². The highest BCUT2D eigenvalue weighted by molar-refractivity contribution is 7.71. The monoisotopic (exact) mass is 795 g/mol. The first-order valence-corrected chi connectivity index (χ1v) is 23.6. The van der Waals surface area contributed by atoms with E-state index in [1.807, 2.05) is 37.6 Å². The normalized spacial score (nSPS) is 14.0. The molecule has 0 amide bonds.